The molecule has 0 saturated heterocycles. The lowest BCUT2D eigenvalue weighted by atomic mass is 9.80. The van der Waals surface area contributed by atoms with E-state index in [1.807, 2.05) is 0 Å². The minimum Gasteiger partial charge on any atom is -0.310 e. The van der Waals surface area contributed by atoms with E-state index in [-0.39, 0.29) is 16.2 Å². The molecule has 0 atom stereocenters. The van der Waals surface area contributed by atoms with Gasteiger partial charge in [0.25, 0.3) is 0 Å². The van der Waals surface area contributed by atoms with Crippen molar-refractivity contribution in [3.8, 4) is 55.6 Å². The summed E-state index contributed by atoms with van der Waals surface area (Å²) in [6.45, 7) is 14.3. The van der Waals surface area contributed by atoms with Gasteiger partial charge >= 0.3 is 0 Å². The van der Waals surface area contributed by atoms with Crippen LogP contribution >= 0.6 is 0 Å². The zero-order valence-electron chi connectivity index (χ0n) is 36.3. The Kier molecular flexibility index (Phi) is 7.74. The van der Waals surface area contributed by atoms with Gasteiger partial charge in [0, 0.05) is 33.2 Å². The van der Waals surface area contributed by atoms with Crippen LogP contribution < -0.4 is 4.90 Å². The Morgan fingerprint density at radius 1 is 0.323 bits per heavy atom. The van der Waals surface area contributed by atoms with Crippen molar-refractivity contribution in [3.63, 3.8) is 0 Å². The van der Waals surface area contributed by atoms with Gasteiger partial charge in [0.2, 0.25) is 0 Å². The van der Waals surface area contributed by atoms with Crippen LogP contribution in [0.2, 0.25) is 0 Å². The van der Waals surface area contributed by atoms with Crippen LogP contribution in [0, 0.1) is 0 Å². The molecule has 3 aliphatic carbocycles. The Balaban J connectivity index is 1.07. The molecule has 12 rings (SSSR count). The first-order valence-electron chi connectivity index (χ1n) is 22.2. The molecule has 9 aromatic rings. The highest BCUT2D eigenvalue weighted by molar-refractivity contribution is 6.04. The summed E-state index contributed by atoms with van der Waals surface area (Å²) in [5.74, 6) is 0. The van der Waals surface area contributed by atoms with Gasteiger partial charge in [-0.3, -0.25) is 0 Å². The number of fused-ring (bicyclic) bond motifs is 11. The molecule has 1 nitrogen and oxygen atoms in total. The zero-order valence-corrected chi connectivity index (χ0v) is 36.3. The van der Waals surface area contributed by atoms with E-state index in [0.29, 0.717) is 0 Å². The van der Waals surface area contributed by atoms with Crippen LogP contribution in [0.3, 0.4) is 0 Å². The van der Waals surface area contributed by atoms with Crippen LogP contribution in [-0.4, -0.2) is 0 Å². The molecule has 0 bridgehead atoms. The van der Waals surface area contributed by atoms with Crippen molar-refractivity contribution in [2.75, 3.05) is 4.90 Å². The summed E-state index contributed by atoms with van der Waals surface area (Å²) in [6.07, 6.45) is 0. The maximum Gasteiger partial charge on any atom is 0.0540 e. The van der Waals surface area contributed by atoms with Crippen LogP contribution in [0.4, 0.5) is 17.1 Å². The van der Waals surface area contributed by atoms with Gasteiger partial charge in [0.15, 0.2) is 0 Å². The van der Waals surface area contributed by atoms with E-state index >= 15 is 0 Å². The molecule has 3 aliphatic rings. The Bertz CT molecular complexity index is 3340. The number of anilines is 3. The van der Waals surface area contributed by atoms with Crippen molar-refractivity contribution in [1.82, 2.24) is 0 Å². The number of para-hydroxylation sites is 1. The standard InChI is InChI=1S/C61H49N/c1-59(2)51-25-12-9-21-44(51)46-32-30-40(36-54(46)59)39-18-15-19-41(35-39)62(42-31-34-47-45-22-10-13-26-52(45)60(3,4)55(47)37-42)56-28-14-11-23-48(56)49-24-16-27-53-57(49)50-33-29-38-17-7-8-20-43(38)58(50)61(53,5)6/h7-37H,1-6H3. The van der Waals surface area contributed by atoms with E-state index < -0.39 is 0 Å². The fourth-order valence-corrected chi connectivity index (χ4v) is 11.7. The highest BCUT2D eigenvalue weighted by atomic mass is 15.1. The quantitative estimate of drug-likeness (QED) is 0.168. The van der Waals surface area contributed by atoms with E-state index in [9.17, 15) is 0 Å². The predicted molar refractivity (Wildman–Crippen MR) is 262 cm³/mol. The van der Waals surface area contributed by atoms with Gasteiger partial charge in [0.1, 0.15) is 0 Å². The maximum atomic E-state index is 2.52. The summed E-state index contributed by atoms with van der Waals surface area (Å²) in [4.78, 5) is 2.52. The number of nitrogens with zero attached hydrogens (tertiary/aromatic N) is 1. The topological polar surface area (TPSA) is 3.24 Å². The SMILES string of the molecule is CC1(C)c2ccccc2-c2ccc(-c3cccc(N(c4ccc5c(c4)C(C)(C)c4ccccc4-5)c4ccccc4-c4cccc5c4-c4ccc6ccccc6c4C5(C)C)c3)cc21. The molecule has 0 fully saturated rings. The summed E-state index contributed by atoms with van der Waals surface area (Å²) in [6, 6.07) is 71.0. The van der Waals surface area contributed by atoms with Crippen molar-refractivity contribution in [2.24, 2.45) is 0 Å². The largest absolute Gasteiger partial charge is 0.310 e. The normalized spacial score (nSPS) is 15.3. The Morgan fingerprint density at radius 3 is 1.61 bits per heavy atom. The second-order valence-electron chi connectivity index (χ2n) is 19.3. The van der Waals surface area contributed by atoms with Gasteiger partial charge in [-0.05, 0) is 131 Å². The van der Waals surface area contributed by atoms with Crippen LogP contribution in [0.15, 0.2) is 188 Å². The van der Waals surface area contributed by atoms with E-state index in [4.69, 9.17) is 0 Å². The highest BCUT2D eigenvalue weighted by Crippen LogP contribution is 2.57. The molecule has 0 aliphatic heterocycles. The molecule has 0 spiro atoms. The molecule has 0 N–H and O–H groups in total. The summed E-state index contributed by atoms with van der Waals surface area (Å²) < 4.78 is 0. The molecule has 0 heterocycles. The lowest BCUT2D eigenvalue weighted by molar-refractivity contribution is 0.660. The minimum absolute atomic E-state index is 0.0747. The molecule has 0 radical (unpaired) electrons. The van der Waals surface area contributed by atoms with Crippen molar-refractivity contribution >= 4 is 27.8 Å². The molecule has 0 aromatic heterocycles. The average molecular weight is 796 g/mol. The maximum absolute atomic E-state index is 2.52. The van der Waals surface area contributed by atoms with Crippen LogP contribution in [0.25, 0.3) is 66.4 Å². The van der Waals surface area contributed by atoms with Gasteiger partial charge in [0.05, 0.1) is 5.69 Å². The van der Waals surface area contributed by atoms with Gasteiger partial charge in [-0.1, -0.05) is 193 Å². The smallest absolute Gasteiger partial charge is 0.0540 e. The fourth-order valence-electron chi connectivity index (χ4n) is 11.7. The number of benzene rings is 9. The molecule has 9 aromatic carbocycles. The van der Waals surface area contributed by atoms with Crippen molar-refractivity contribution in [2.45, 2.75) is 57.8 Å². The van der Waals surface area contributed by atoms with Gasteiger partial charge in [-0.15, -0.1) is 0 Å². The number of hydrogen-bond acceptors (Lipinski definition) is 1. The third kappa shape index (κ3) is 5.09. The molecule has 0 saturated carbocycles. The number of rotatable bonds is 5. The predicted octanol–water partition coefficient (Wildman–Crippen LogP) is 16.6. The zero-order chi connectivity index (χ0) is 42.1. The lowest BCUT2D eigenvalue weighted by Gasteiger charge is -2.30. The molecule has 298 valence electrons. The van der Waals surface area contributed by atoms with E-state index in [0.717, 1.165) is 17.1 Å². The third-order valence-electron chi connectivity index (χ3n) is 14.8. The van der Waals surface area contributed by atoms with Crippen molar-refractivity contribution in [3.05, 3.63) is 221 Å². The molecule has 0 amide bonds. The first-order valence-corrected chi connectivity index (χ1v) is 22.2. The fraction of sp³-hybridized carbons (Fsp3) is 0.148. The summed E-state index contributed by atoms with van der Waals surface area (Å²) in [7, 11) is 0. The van der Waals surface area contributed by atoms with Crippen molar-refractivity contribution in [1.29, 1.82) is 0 Å². The minimum atomic E-state index is -0.156. The number of hydrogen-bond donors (Lipinski definition) is 0. The second-order valence-corrected chi connectivity index (χ2v) is 19.3. The van der Waals surface area contributed by atoms with E-state index in [1.54, 1.807) is 0 Å². The van der Waals surface area contributed by atoms with Crippen LogP contribution in [0.1, 0.15) is 74.9 Å². The first-order chi connectivity index (χ1) is 30.0. The molecular weight excluding hydrogens is 747 g/mol. The van der Waals surface area contributed by atoms with Gasteiger partial charge < -0.3 is 4.90 Å². The third-order valence-corrected chi connectivity index (χ3v) is 14.8. The molecular formula is C61H49N. The molecule has 1 heteroatoms. The monoisotopic (exact) mass is 795 g/mol. The lowest BCUT2D eigenvalue weighted by Crippen LogP contribution is -2.17. The summed E-state index contributed by atoms with van der Waals surface area (Å²) >= 11 is 0. The Hall–Kier alpha value is -6.96. The van der Waals surface area contributed by atoms with E-state index in [2.05, 4.69) is 234 Å². The second kappa shape index (κ2) is 13.0. The molecule has 0 unspecified atom stereocenters. The molecule has 62 heavy (non-hydrogen) atoms. The summed E-state index contributed by atoms with van der Waals surface area (Å²) in [5, 5.41) is 2.63. The highest BCUT2D eigenvalue weighted by Gasteiger charge is 2.40. The van der Waals surface area contributed by atoms with Gasteiger partial charge in [-0.25, -0.2) is 0 Å². The average Bonchev–Trinajstić information content (AvgIpc) is 3.79. The summed E-state index contributed by atoms with van der Waals surface area (Å²) in [5.41, 5.74) is 24.3. The Labute approximate surface area is 366 Å². The van der Waals surface area contributed by atoms with Crippen LogP contribution in [-0.2, 0) is 16.2 Å². The Morgan fingerprint density at radius 2 is 0.855 bits per heavy atom. The first kappa shape index (κ1) is 36.9. The van der Waals surface area contributed by atoms with Crippen molar-refractivity contribution < 1.29 is 0 Å². The van der Waals surface area contributed by atoms with Crippen LogP contribution in [0.5, 0.6) is 0 Å². The van der Waals surface area contributed by atoms with Gasteiger partial charge in [-0.2, -0.15) is 0 Å². The van der Waals surface area contributed by atoms with E-state index in [1.165, 1.54) is 99.8 Å².